The summed E-state index contributed by atoms with van der Waals surface area (Å²) in [5, 5.41) is 9.55. The average molecular weight is 640 g/mol. The third-order valence-electron chi connectivity index (χ3n) is 8.95. The van der Waals surface area contributed by atoms with Gasteiger partial charge >= 0.3 is 11.9 Å². The van der Waals surface area contributed by atoms with Crippen LogP contribution in [0.4, 0.5) is 0 Å². The largest absolute Gasteiger partial charge is 0.466 e. The van der Waals surface area contributed by atoms with Crippen molar-refractivity contribution in [1.29, 1.82) is 0 Å². The van der Waals surface area contributed by atoms with Crippen molar-refractivity contribution in [1.82, 2.24) is 4.90 Å². The minimum atomic E-state index is -0.0372. The molecule has 1 N–H and O–H groups in total. The van der Waals surface area contributed by atoms with Crippen LogP contribution in [0.2, 0.25) is 0 Å². The molecule has 0 fully saturated rings. The lowest BCUT2D eigenvalue weighted by atomic mass is 10.0. The van der Waals surface area contributed by atoms with Crippen LogP contribution in [0.5, 0.6) is 0 Å². The number of hydrogen-bond donors (Lipinski definition) is 1. The van der Waals surface area contributed by atoms with E-state index in [1.165, 1.54) is 116 Å². The molecule has 0 heterocycles. The number of unbranched alkanes of at least 4 members (excludes halogenated alkanes) is 19. The molecule has 268 valence electrons. The molecule has 0 saturated carbocycles. The second-order valence-electron chi connectivity index (χ2n) is 13.4. The van der Waals surface area contributed by atoms with Gasteiger partial charge < -0.3 is 19.5 Å². The minimum absolute atomic E-state index is 0.0344. The molecule has 0 atom stereocenters. The molecule has 0 aromatic rings. The molecular formula is C39H77NO5. The SMILES string of the molecule is CCCCCCCCC(CCCCCCCC)OC(=O)CCCN(CCO)CCCCCCCCCCCC(=O)OCCCC. The third-order valence-corrected chi connectivity index (χ3v) is 8.95. The molecule has 0 aromatic carbocycles. The molecule has 6 nitrogen and oxygen atoms in total. The van der Waals surface area contributed by atoms with Crippen molar-refractivity contribution in [2.24, 2.45) is 0 Å². The Labute approximate surface area is 280 Å². The molecule has 0 saturated heterocycles. The fourth-order valence-electron chi connectivity index (χ4n) is 5.98. The lowest BCUT2D eigenvalue weighted by Crippen LogP contribution is -2.29. The smallest absolute Gasteiger partial charge is 0.306 e. The number of rotatable bonds is 36. The van der Waals surface area contributed by atoms with Gasteiger partial charge in [-0.25, -0.2) is 0 Å². The first-order chi connectivity index (χ1) is 22.1. The van der Waals surface area contributed by atoms with Gasteiger partial charge in [-0.15, -0.1) is 0 Å². The Morgan fingerprint density at radius 1 is 0.511 bits per heavy atom. The summed E-state index contributed by atoms with van der Waals surface area (Å²) >= 11 is 0. The second-order valence-corrected chi connectivity index (χ2v) is 13.4. The van der Waals surface area contributed by atoms with Crippen molar-refractivity contribution in [3.8, 4) is 0 Å². The number of carbonyl (C=O) groups excluding carboxylic acids is 2. The Bertz CT molecular complexity index is 613. The van der Waals surface area contributed by atoms with E-state index >= 15 is 0 Å². The summed E-state index contributed by atoms with van der Waals surface area (Å²) in [6, 6.07) is 0. The maximum Gasteiger partial charge on any atom is 0.306 e. The van der Waals surface area contributed by atoms with Crippen LogP contribution in [-0.4, -0.2) is 60.9 Å². The van der Waals surface area contributed by atoms with Crippen molar-refractivity contribution in [2.75, 3.05) is 32.8 Å². The summed E-state index contributed by atoms with van der Waals surface area (Å²) in [5.41, 5.74) is 0. The fraction of sp³-hybridized carbons (Fsp3) is 0.949. The molecule has 0 bridgehead atoms. The van der Waals surface area contributed by atoms with Gasteiger partial charge in [0.15, 0.2) is 0 Å². The first-order valence-electron chi connectivity index (χ1n) is 19.8. The van der Waals surface area contributed by atoms with Gasteiger partial charge in [-0.3, -0.25) is 9.59 Å². The summed E-state index contributed by atoms with van der Waals surface area (Å²) < 4.78 is 11.2. The highest BCUT2D eigenvalue weighted by Gasteiger charge is 2.15. The Kier molecular flexibility index (Phi) is 34.8. The predicted molar refractivity (Wildman–Crippen MR) is 191 cm³/mol. The standard InChI is InChI=1S/C39H77NO5/c1-4-7-10-12-19-23-28-37(29-24-20-13-11-8-5-2)45-39(43)31-27-33-40(34-35-41)32-26-22-18-16-14-15-17-21-25-30-38(42)44-36-9-6-3/h37,41H,4-36H2,1-3H3. The highest BCUT2D eigenvalue weighted by Crippen LogP contribution is 2.18. The zero-order valence-corrected chi connectivity index (χ0v) is 30.4. The number of aliphatic hydroxyl groups excluding tert-OH is 1. The van der Waals surface area contributed by atoms with Crippen LogP contribution in [0.1, 0.15) is 201 Å². The van der Waals surface area contributed by atoms with E-state index in [0.29, 0.717) is 26.0 Å². The first-order valence-corrected chi connectivity index (χ1v) is 19.8. The van der Waals surface area contributed by atoms with E-state index in [0.717, 1.165) is 64.5 Å². The molecule has 0 amide bonds. The van der Waals surface area contributed by atoms with E-state index in [1.807, 2.05) is 0 Å². The van der Waals surface area contributed by atoms with E-state index in [1.54, 1.807) is 0 Å². The van der Waals surface area contributed by atoms with Gasteiger partial charge in [-0.05, 0) is 64.5 Å². The normalized spacial score (nSPS) is 11.5. The summed E-state index contributed by atoms with van der Waals surface area (Å²) in [4.78, 5) is 26.7. The molecule has 45 heavy (non-hydrogen) atoms. The number of ether oxygens (including phenoxy) is 2. The van der Waals surface area contributed by atoms with Gasteiger partial charge in [0.25, 0.3) is 0 Å². The summed E-state index contributed by atoms with van der Waals surface area (Å²) in [6.07, 6.45) is 31.9. The van der Waals surface area contributed by atoms with Gasteiger partial charge in [0.2, 0.25) is 0 Å². The van der Waals surface area contributed by atoms with Crippen LogP contribution in [0, 0.1) is 0 Å². The summed E-state index contributed by atoms with van der Waals surface area (Å²) in [6.45, 7) is 9.87. The zero-order chi connectivity index (χ0) is 33.1. The average Bonchev–Trinajstić information content (AvgIpc) is 3.03. The van der Waals surface area contributed by atoms with Crippen LogP contribution < -0.4 is 0 Å². The van der Waals surface area contributed by atoms with Gasteiger partial charge in [-0.2, -0.15) is 0 Å². The van der Waals surface area contributed by atoms with Crippen LogP contribution in [-0.2, 0) is 19.1 Å². The monoisotopic (exact) mass is 640 g/mol. The van der Waals surface area contributed by atoms with Crippen molar-refractivity contribution >= 4 is 11.9 Å². The minimum Gasteiger partial charge on any atom is -0.466 e. The summed E-state index contributed by atoms with van der Waals surface area (Å²) in [7, 11) is 0. The number of hydrogen-bond acceptors (Lipinski definition) is 6. The highest BCUT2D eigenvalue weighted by molar-refractivity contribution is 5.69. The van der Waals surface area contributed by atoms with Crippen molar-refractivity contribution < 1.29 is 24.2 Å². The molecular weight excluding hydrogens is 562 g/mol. The summed E-state index contributed by atoms with van der Waals surface area (Å²) in [5.74, 6) is -0.0716. The Morgan fingerprint density at radius 2 is 0.956 bits per heavy atom. The number of esters is 2. The van der Waals surface area contributed by atoms with E-state index in [2.05, 4.69) is 25.7 Å². The van der Waals surface area contributed by atoms with Gasteiger partial charge in [0.1, 0.15) is 6.10 Å². The Balaban J connectivity index is 4.07. The number of aliphatic hydroxyl groups is 1. The molecule has 0 aliphatic carbocycles. The molecule has 0 spiro atoms. The van der Waals surface area contributed by atoms with E-state index < -0.39 is 0 Å². The lowest BCUT2D eigenvalue weighted by molar-refractivity contribution is -0.150. The third kappa shape index (κ3) is 32.6. The number of nitrogens with zero attached hydrogens (tertiary/aromatic N) is 1. The zero-order valence-electron chi connectivity index (χ0n) is 30.4. The van der Waals surface area contributed by atoms with Crippen molar-refractivity contribution in [3.63, 3.8) is 0 Å². The molecule has 0 aliphatic heterocycles. The molecule has 0 radical (unpaired) electrons. The van der Waals surface area contributed by atoms with Gasteiger partial charge in [0.05, 0.1) is 13.2 Å². The van der Waals surface area contributed by atoms with Gasteiger partial charge in [0, 0.05) is 19.4 Å². The van der Waals surface area contributed by atoms with Crippen LogP contribution in [0.3, 0.4) is 0 Å². The Hall–Kier alpha value is -1.14. The maximum absolute atomic E-state index is 12.8. The molecule has 0 aliphatic rings. The van der Waals surface area contributed by atoms with Crippen LogP contribution in [0.25, 0.3) is 0 Å². The van der Waals surface area contributed by atoms with E-state index in [9.17, 15) is 14.7 Å². The number of carbonyl (C=O) groups is 2. The van der Waals surface area contributed by atoms with Crippen molar-refractivity contribution in [3.05, 3.63) is 0 Å². The topological polar surface area (TPSA) is 76.1 Å². The van der Waals surface area contributed by atoms with E-state index in [4.69, 9.17) is 9.47 Å². The van der Waals surface area contributed by atoms with Crippen LogP contribution >= 0.6 is 0 Å². The molecule has 0 unspecified atom stereocenters. The van der Waals surface area contributed by atoms with E-state index in [-0.39, 0.29) is 24.6 Å². The van der Waals surface area contributed by atoms with Crippen molar-refractivity contribution in [2.45, 2.75) is 207 Å². The Morgan fingerprint density at radius 3 is 1.49 bits per heavy atom. The molecule has 0 rings (SSSR count). The predicted octanol–water partition coefficient (Wildman–Crippen LogP) is 10.7. The maximum atomic E-state index is 12.8. The molecule has 0 aromatic heterocycles. The van der Waals surface area contributed by atoms with Crippen LogP contribution in [0.15, 0.2) is 0 Å². The second kappa shape index (κ2) is 35.7. The van der Waals surface area contributed by atoms with Gasteiger partial charge in [-0.1, -0.05) is 136 Å². The lowest BCUT2D eigenvalue weighted by Gasteiger charge is -2.22. The first kappa shape index (κ1) is 43.9. The quantitative estimate of drug-likeness (QED) is 0.0543. The fourth-order valence-corrected chi connectivity index (χ4v) is 5.98. The highest BCUT2D eigenvalue weighted by atomic mass is 16.5. The molecule has 6 heteroatoms.